The molecule has 1 fully saturated rings. The van der Waals surface area contributed by atoms with Gasteiger partial charge in [-0.15, -0.1) is 0 Å². The number of nitrogens with zero attached hydrogens (tertiary/aromatic N) is 3. The molecule has 3 N–H and O–H groups in total. The lowest BCUT2D eigenvalue weighted by molar-refractivity contribution is -0.151. The Morgan fingerprint density at radius 3 is 2.35 bits per heavy atom. The molecule has 4 rings (SSSR count). The number of hydrogen-bond donors (Lipinski definition) is 2. The van der Waals surface area contributed by atoms with Gasteiger partial charge in [0.2, 0.25) is 0 Å². The summed E-state index contributed by atoms with van der Waals surface area (Å²) in [6, 6.07) is 17.9. The van der Waals surface area contributed by atoms with Crippen molar-refractivity contribution in [3.63, 3.8) is 0 Å². The van der Waals surface area contributed by atoms with Crippen LogP contribution in [0.4, 0.5) is 0 Å². The van der Waals surface area contributed by atoms with Crippen molar-refractivity contribution in [3.05, 3.63) is 87.7 Å². The Morgan fingerprint density at radius 1 is 1.08 bits per heavy atom. The highest BCUT2D eigenvalue weighted by molar-refractivity contribution is 5.96. The molecule has 0 saturated heterocycles. The van der Waals surface area contributed by atoms with E-state index in [1.54, 1.807) is 36.2 Å². The molecule has 0 aliphatic heterocycles. The number of nitrogens with one attached hydrogen (secondary N) is 1. The van der Waals surface area contributed by atoms with E-state index in [4.69, 9.17) is 15.9 Å². The first-order valence-corrected chi connectivity index (χ1v) is 12.3. The van der Waals surface area contributed by atoms with Crippen molar-refractivity contribution in [3.8, 4) is 11.3 Å². The Morgan fingerprint density at radius 2 is 1.73 bits per heavy atom. The average Bonchev–Trinajstić information content (AvgIpc) is 2.93. The van der Waals surface area contributed by atoms with E-state index in [0.29, 0.717) is 42.5 Å². The number of carbonyl (C=O) groups is 2. The van der Waals surface area contributed by atoms with E-state index < -0.39 is 5.56 Å². The molecule has 0 radical (unpaired) electrons. The Bertz CT molecular complexity index is 1340. The second kappa shape index (κ2) is 11.2. The molecule has 0 spiro atoms. The second-order valence-corrected chi connectivity index (χ2v) is 9.38. The summed E-state index contributed by atoms with van der Waals surface area (Å²) in [5.41, 5.74) is 7.78. The summed E-state index contributed by atoms with van der Waals surface area (Å²) in [6.07, 6.45) is 2.55. The summed E-state index contributed by atoms with van der Waals surface area (Å²) in [5, 5.41) is 11.8. The van der Waals surface area contributed by atoms with Crippen molar-refractivity contribution in [2.24, 2.45) is 18.7 Å². The van der Waals surface area contributed by atoms with Crippen LogP contribution < -0.4 is 11.3 Å². The van der Waals surface area contributed by atoms with Crippen LogP contribution in [0.1, 0.15) is 47.2 Å². The van der Waals surface area contributed by atoms with Crippen LogP contribution in [0.15, 0.2) is 65.5 Å². The summed E-state index contributed by atoms with van der Waals surface area (Å²) in [4.78, 5) is 40.3. The molecule has 1 heterocycles. The minimum Gasteiger partial charge on any atom is -0.461 e. The standard InChI is InChI=1S/C28H31N5O4/c1-32(22-14-12-21(13-15-22)28(36)37-17-18-6-4-3-5-7-18)26(34)23-16-24(31-33(2)27(23)35)19-8-10-20(11-9-19)25(29)30/h3-11,16,21-22H,12-15,17H2,1-2H3,(H3,29,30). The summed E-state index contributed by atoms with van der Waals surface area (Å²) in [6.45, 7) is 0.253. The Hall–Kier alpha value is -4.27. The molecule has 37 heavy (non-hydrogen) atoms. The summed E-state index contributed by atoms with van der Waals surface area (Å²) in [7, 11) is 3.21. The van der Waals surface area contributed by atoms with Crippen molar-refractivity contribution in [1.82, 2.24) is 14.7 Å². The number of nitrogens with two attached hydrogens (primary N) is 1. The Labute approximate surface area is 215 Å². The van der Waals surface area contributed by atoms with Gasteiger partial charge in [0.05, 0.1) is 11.6 Å². The average molecular weight is 502 g/mol. The van der Waals surface area contributed by atoms with Gasteiger partial charge in [-0.05, 0) is 37.3 Å². The monoisotopic (exact) mass is 501 g/mol. The van der Waals surface area contributed by atoms with E-state index in [0.717, 1.165) is 10.2 Å². The summed E-state index contributed by atoms with van der Waals surface area (Å²) < 4.78 is 6.66. The predicted molar refractivity (Wildman–Crippen MR) is 140 cm³/mol. The maximum atomic E-state index is 13.4. The molecular formula is C28H31N5O4. The maximum Gasteiger partial charge on any atom is 0.309 e. The van der Waals surface area contributed by atoms with E-state index in [-0.39, 0.29) is 41.8 Å². The highest BCUT2D eigenvalue weighted by Crippen LogP contribution is 2.29. The zero-order valence-corrected chi connectivity index (χ0v) is 21.0. The fraction of sp³-hybridized carbons (Fsp3) is 0.321. The van der Waals surface area contributed by atoms with E-state index in [9.17, 15) is 14.4 Å². The number of amides is 1. The van der Waals surface area contributed by atoms with Gasteiger partial charge in [0, 0.05) is 31.3 Å². The zero-order chi connectivity index (χ0) is 26.5. The normalized spacial score (nSPS) is 17.1. The molecule has 1 amide bonds. The summed E-state index contributed by atoms with van der Waals surface area (Å²) >= 11 is 0. The van der Waals surface area contributed by atoms with Crippen LogP contribution >= 0.6 is 0 Å². The number of hydrogen-bond acceptors (Lipinski definition) is 6. The van der Waals surface area contributed by atoms with E-state index >= 15 is 0 Å². The van der Waals surface area contributed by atoms with Gasteiger partial charge in [-0.1, -0.05) is 54.6 Å². The third-order valence-electron chi connectivity index (χ3n) is 6.91. The molecule has 192 valence electrons. The molecule has 1 aromatic heterocycles. The number of ether oxygens (including phenoxy) is 1. The number of benzene rings is 2. The molecule has 9 heteroatoms. The Balaban J connectivity index is 1.41. The van der Waals surface area contributed by atoms with Crippen molar-refractivity contribution >= 4 is 17.7 Å². The molecule has 2 aromatic carbocycles. The number of amidine groups is 1. The topological polar surface area (TPSA) is 131 Å². The lowest BCUT2D eigenvalue weighted by Crippen LogP contribution is -2.43. The number of nitrogen functional groups attached to an aromatic ring is 1. The highest BCUT2D eigenvalue weighted by atomic mass is 16.5. The largest absolute Gasteiger partial charge is 0.461 e. The molecule has 1 aliphatic rings. The zero-order valence-electron chi connectivity index (χ0n) is 21.0. The Kier molecular flexibility index (Phi) is 7.81. The van der Waals surface area contributed by atoms with Crippen molar-refractivity contribution < 1.29 is 14.3 Å². The van der Waals surface area contributed by atoms with Crippen LogP contribution in [0.2, 0.25) is 0 Å². The quantitative estimate of drug-likeness (QED) is 0.291. The van der Waals surface area contributed by atoms with Gasteiger partial charge in [-0.2, -0.15) is 5.10 Å². The number of aromatic nitrogens is 2. The van der Waals surface area contributed by atoms with E-state index in [1.165, 1.54) is 13.1 Å². The van der Waals surface area contributed by atoms with E-state index in [1.807, 2.05) is 30.3 Å². The minimum absolute atomic E-state index is 0.0371. The lowest BCUT2D eigenvalue weighted by atomic mass is 9.85. The van der Waals surface area contributed by atoms with Crippen LogP contribution in [-0.2, 0) is 23.2 Å². The third kappa shape index (κ3) is 5.94. The fourth-order valence-electron chi connectivity index (χ4n) is 4.62. The van der Waals surface area contributed by atoms with Gasteiger partial charge in [-0.3, -0.25) is 19.8 Å². The second-order valence-electron chi connectivity index (χ2n) is 9.38. The first kappa shape index (κ1) is 25.8. The van der Waals surface area contributed by atoms with Crippen molar-refractivity contribution in [2.75, 3.05) is 7.05 Å². The molecule has 0 bridgehead atoms. The van der Waals surface area contributed by atoms with Crippen LogP contribution in [-0.4, -0.2) is 45.5 Å². The first-order valence-electron chi connectivity index (χ1n) is 12.3. The molecule has 3 aromatic rings. The van der Waals surface area contributed by atoms with Crippen LogP contribution in [0.25, 0.3) is 11.3 Å². The van der Waals surface area contributed by atoms with Crippen molar-refractivity contribution in [1.29, 1.82) is 5.41 Å². The predicted octanol–water partition coefficient (Wildman–Crippen LogP) is 3.11. The van der Waals surface area contributed by atoms with Crippen LogP contribution in [0.3, 0.4) is 0 Å². The molecular weight excluding hydrogens is 470 g/mol. The third-order valence-corrected chi connectivity index (χ3v) is 6.91. The molecule has 0 atom stereocenters. The maximum absolute atomic E-state index is 13.4. The van der Waals surface area contributed by atoms with Gasteiger partial charge >= 0.3 is 5.97 Å². The molecule has 0 unspecified atom stereocenters. The number of aryl methyl sites for hydroxylation is 1. The number of rotatable bonds is 7. The van der Waals surface area contributed by atoms with E-state index in [2.05, 4.69) is 5.10 Å². The number of esters is 1. The molecule has 9 nitrogen and oxygen atoms in total. The molecule has 1 aliphatic carbocycles. The summed E-state index contributed by atoms with van der Waals surface area (Å²) in [5.74, 6) is -0.821. The van der Waals surface area contributed by atoms with Crippen LogP contribution in [0.5, 0.6) is 0 Å². The van der Waals surface area contributed by atoms with Gasteiger partial charge in [0.1, 0.15) is 18.0 Å². The SMILES string of the molecule is CN(C(=O)c1cc(-c2ccc(C(=N)N)cc2)nn(C)c1=O)C1CCC(C(=O)OCc2ccccc2)CC1. The van der Waals surface area contributed by atoms with Gasteiger partial charge in [0.15, 0.2) is 0 Å². The first-order chi connectivity index (χ1) is 17.7. The number of carbonyl (C=O) groups excluding carboxylic acids is 2. The smallest absolute Gasteiger partial charge is 0.309 e. The van der Waals surface area contributed by atoms with Gasteiger partial charge < -0.3 is 15.4 Å². The lowest BCUT2D eigenvalue weighted by Gasteiger charge is -2.34. The fourth-order valence-corrected chi connectivity index (χ4v) is 4.62. The van der Waals surface area contributed by atoms with Gasteiger partial charge in [-0.25, -0.2) is 4.68 Å². The van der Waals surface area contributed by atoms with Crippen molar-refractivity contribution in [2.45, 2.75) is 38.3 Å². The molecule has 1 saturated carbocycles. The minimum atomic E-state index is -0.473. The highest BCUT2D eigenvalue weighted by Gasteiger charge is 2.32. The van der Waals surface area contributed by atoms with Crippen LogP contribution in [0, 0.1) is 11.3 Å². The van der Waals surface area contributed by atoms with Gasteiger partial charge in [0.25, 0.3) is 11.5 Å².